The molecule has 4 heterocycles. The fourth-order valence-corrected chi connectivity index (χ4v) is 5.08. The van der Waals surface area contributed by atoms with Crippen molar-refractivity contribution >= 4 is 34.5 Å². The van der Waals surface area contributed by atoms with Crippen molar-refractivity contribution in [2.75, 3.05) is 57.1 Å². The molecule has 1 aromatic carbocycles. The van der Waals surface area contributed by atoms with E-state index in [0.717, 1.165) is 22.0 Å². The summed E-state index contributed by atoms with van der Waals surface area (Å²) in [5.74, 6) is -0.276. The number of hydrogen-bond acceptors (Lipinski definition) is 9. The summed E-state index contributed by atoms with van der Waals surface area (Å²) < 4.78 is 26.3. The second-order valence-corrected chi connectivity index (χ2v) is 10.2. The highest BCUT2D eigenvalue weighted by Crippen LogP contribution is 2.43. The number of rotatable bonds is 7. The number of carbonyl (C=O) groups is 2. The summed E-state index contributed by atoms with van der Waals surface area (Å²) in [5, 5.41) is 11.2. The maximum atomic E-state index is 13.6. The molecular formula is C27H33FN8O4. The van der Waals surface area contributed by atoms with Gasteiger partial charge in [0.2, 0.25) is 17.6 Å². The van der Waals surface area contributed by atoms with Gasteiger partial charge in [0.1, 0.15) is 6.61 Å². The van der Waals surface area contributed by atoms with E-state index < -0.39 is 17.8 Å². The van der Waals surface area contributed by atoms with Crippen LogP contribution < -0.4 is 19.7 Å². The van der Waals surface area contributed by atoms with Gasteiger partial charge >= 0.3 is 0 Å². The first kappa shape index (κ1) is 27.2. The Hall–Kier alpha value is -4.42. The van der Waals surface area contributed by atoms with Crippen molar-refractivity contribution in [3.8, 4) is 11.6 Å². The minimum atomic E-state index is -0.982. The molecule has 2 atom stereocenters. The molecule has 1 fully saturated rings. The Morgan fingerprint density at radius 2 is 2.08 bits per heavy atom. The maximum absolute atomic E-state index is 13.6. The number of aromatic nitrogens is 4. The monoisotopic (exact) mass is 552 g/mol. The second kappa shape index (κ2) is 11.0. The molecule has 0 radical (unpaired) electrons. The van der Waals surface area contributed by atoms with E-state index in [0.29, 0.717) is 31.2 Å². The van der Waals surface area contributed by atoms with Crippen molar-refractivity contribution in [3.05, 3.63) is 41.9 Å². The van der Waals surface area contributed by atoms with Gasteiger partial charge in [-0.1, -0.05) is 12.6 Å². The van der Waals surface area contributed by atoms with E-state index in [1.54, 1.807) is 20.3 Å². The van der Waals surface area contributed by atoms with Crippen LogP contribution in [0.1, 0.15) is 30.6 Å². The number of carbonyl (C=O) groups excluding carboxylic acids is 2. The molecule has 12 nitrogen and oxygen atoms in total. The molecule has 3 aromatic rings. The van der Waals surface area contributed by atoms with Gasteiger partial charge in [0.15, 0.2) is 17.7 Å². The first-order chi connectivity index (χ1) is 19.1. The zero-order chi connectivity index (χ0) is 28.6. The van der Waals surface area contributed by atoms with Crippen LogP contribution in [0.15, 0.2) is 30.7 Å². The van der Waals surface area contributed by atoms with Crippen LogP contribution in [0.3, 0.4) is 0 Å². The Bertz CT molecular complexity index is 1460. The van der Waals surface area contributed by atoms with E-state index in [-0.39, 0.29) is 43.3 Å². The summed E-state index contributed by atoms with van der Waals surface area (Å²) in [6.07, 6.45) is 1.59. The highest BCUT2D eigenvalue weighted by molar-refractivity contribution is 5.91. The zero-order valence-corrected chi connectivity index (χ0v) is 23.0. The van der Waals surface area contributed by atoms with Crippen molar-refractivity contribution in [1.29, 1.82) is 0 Å². The summed E-state index contributed by atoms with van der Waals surface area (Å²) in [7, 11) is 3.40. The van der Waals surface area contributed by atoms with Crippen molar-refractivity contribution in [2.45, 2.75) is 32.4 Å². The highest BCUT2D eigenvalue weighted by atomic mass is 19.1. The van der Waals surface area contributed by atoms with Gasteiger partial charge in [-0.05, 0) is 25.5 Å². The SMILES string of the molecule is C=C(F)C(=O)N1CCN(c2nc(NCCC(=O)N(C)C)nc3c2OCC(c2c(C)ccc4[nH]ncc24)O3)C[C@H]1C. The fraction of sp³-hybridized carbons (Fsp3) is 0.444. The van der Waals surface area contributed by atoms with Crippen LogP contribution >= 0.6 is 0 Å². The lowest BCUT2D eigenvalue weighted by Gasteiger charge is -2.41. The lowest BCUT2D eigenvalue weighted by atomic mass is 9.99. The third-order valence-corrected chi connectivity index (χ3v) is 7.20. The zero-order valence-electron chi connectivity index (χ0n) is 23.0. The minimum Gasteiger partial charge on any atom is -0.481 e. The van der Waals surface area contributed by atoms with Crippen molar-refractivity contribution < 1.29 is 23.5 Å². The summed E-state index contributed by atoms with van der Waals surface area (Å²) in [5.41, 5.74) is 2.88. The third kappa shape index (κ3) is 5.23. The van der Waals surface area contributed by atoms with Crippen molar-refractivity contribution in [3.63, 3.8) is 0 Å². The van der Waals surface area contributed by atoms with E-state index in [4.69, 9.17) is 14.5 Å². The van der Waals surface area contributed by atoms with Crippen LogP contribution in [0.4, 0.5) is 16.2 Å². The van der Waals surface area contributed by atoms with Crippen LogP contribution in [-0.4, -0.2) is 94.7 Å². The normalized spacial score (nSPS) is 18.5. The molecule has 13 heteroatoms. The number of amides is 2. The number of nitrogens with zero attached hydrogens (tertiary/aromatic N) is 6. The van der Waals surface area contributed by atoms with Crippen LogP contribution in [0.2, 0.25) is 0 Å². The molecule has 2 aliphatic heterocycles. The fourth-order valence-electron chi connectivity index (χ4n) is 5.08. The van der Waals surface area contributed by atoms with E-state index >= 15 is 0 Å². The molecule has 1 saturated heterocycles. The van der Waals surface area contributed by atoms with Crippen LogP contribution in [-0.2, 0) is 9.59 Å². The number of benzene rings is 1. The molecule has 0 spiro atoms. The predicted octanol–water partition coefficient (Wildman–Crippen LogP) is 2.58. The number of anilines is 2. The summed E-state index contributed by atoms with van der Waals surface area (Å²) >= 11 is 0. The average molecular weight is 553 g/mol. The number of ether oxygens (including phenoxy) is 2. The number of halogens is 1. The lowest BCUT2D eigenvalue weighted by molar-refractivity contribution is -0.131. The van der Waals surface area contributed by atoms with E-state index in [1.165, 1.54) is 9.80 Å². The lowest BCUT2D eigenvalue weighted by Crippen LogP contribution is -2.54. The minimum absolute atomic E-state index is 0.0296. The van der Waals surface area contributed by atoms with Gasteiger partial charge < -0.3 is 29.5 Å². The van der Waals surface area contributed by atoms with Crippen LogP contribution in [0.5, 0.6) is 11.6 Å². The molecule has 40 heavy (non-hydrogen) atoms. The van der Waals surface area contributed by atoms with E-state index in [1.807, 2.05) is 30.9 Å². The molecule has 0 aliphatic carbocycles. The number of piperazine rings is 1. The number of fused-ring (bicyclic) bond motifs is 2. The van der Waals surface area contributed by atoms with Crippen molar-refractivity contribution in [1.82, 2.24) is 30.0 Å². The maximum Gasteiger partial charge on any atom is 0.282 e. The molecule has 2 aliphatic rings. The highest BCUT2D eigenvalue weighted by Gasteiger charge is 2.35. The molecular weight excluding hydrogens is 519 g/mol. The smallest absolute Gasteiger partial charge is 0.282 e. The number of aryl methyl sites for hydroxylation is 1. The first-order valence-electron chi connectivity index (χ1n) is 13.1. The Morgan fingerprint density at radius 1 is 1.27 bits per heavy atom. The molecule has 2 aromatic heterocycles. The van der Waals surface area contributed by atoms with Gasteiger partial charge in [0.25, 0.3) is 11.8 Å². The molecule has 0 bridgehead atoms. The average Bonchev–Trinajstić information content (AvgIpc) is 3.40. The van der Waals surface area contributed by atoms with Gasteiger partial charge in [-0.2, -0.15) is 15.1 Å². The van der Waals surface area contributed by atoms with Gasteiger partial charge in [0.05, 0.1) is 11.7 Å². The molecule has 0 saturated carbocycles. The summed E-state index contributed by atoms with van der Waals surface area (Å²) in [4.78, 5) is 38.6. The molecule has 1 unspecified atom stereocenters. The predicted molar refractivity (Wildman–Crippen MR) is 147 cm³/mol. The molecule has 5 rings (SSSR count). The summed E-state index contributed by atoms with van der Waals surface area (Å²) in [6.45, 7) is 8.62. The Balaban J connectivity index is 1.45. The number of aromatic amines is 1. The van der Waals surface area contributed by atoms with E-state index in [9.17, 15) is 14.0 Å². The Labute approximate surface area is 231 Å². The van der Waals surface area contributed by atoms with Gasteiger partial charge in [-0.3, -0.25) is 14.7 Å². The summed E-state index contributed by atoms with van der Waals surface area (Å²) in [6, 6.07) is 3.68. The first-order valence-corrected chi connectivity index (χ1v) is 13.1. The van der Waals surface area contributed by atoms with Gasteiger partial charge in [0, 0.05) is 63.7 Å². The molecule has 212 valence electrons. The van der Waals surface area contributed by atoms with Crippen LogP contribution in [0, 0.1) is 6.92 Å². The number of nitrogens with one attached hydrogen (secondary N) is 2. The van der Waals surface area contributed by atoms with Gasteiger partial charge in [-0.15, -0.1) is 0 Å². The number of H-pyrrole nitrogens is 1. The Kier molecular flexibility index (Phi) is 7.46. The molecule has 2 N–H and O–H groups in total. The van der Waals surface area contributed by atoms with Crippen LogP contribution in [0.25, 0.3) is 10.9 Å². The second-order valence-electron chi connectivity index (χ2n) is 10.2. The Morgan fingerprint density at radius 3 is 2.80 bits per heavy atom. The third-order valence-electron chi connectivity index (χ3n) is 7.20. The number of hydrogen-bond donors (Lipinski definition) is 2. The topological polar surface area (TPSA) is 129 Å². The standard InChI is InChI=1S/C27H33FN8O4/c1-15-6-7-19-18(12-30-33-19)22(15)20-14-39-23-24(35-10-11-36(16(2)13-35)26(38)17(3)28)31-27(32-25(23)40-20)29-9-8-21(37)34(4)5/h6-7,12,16,20H,3,8-11,13-14H2,1-2,4-5H3,(H,30,33)(H,29,31,32)/t16-,20?/m1/s1. The van der Waals surface area contributed by atoms with Gasteiger partial charge in [-0.25, -0.2) is 4.39 Å². The van der Waals surface area contributed by atoms with E-state index in [2.05, 4.69) is 27.1 Å². The quantitative estimate of drug-likeness (QED) is 0.425. The largest absolute Gasteiger partial charge is 0.481 e. The molecule has 2 amide bonds. The van der Waals surface area contributed by atoms with Crippen molar-refractivity contribution in [2.24, 2.45) is 0 Å².